The molecule has 2 unspecified atom stereocenters. The van der Waals surface area contributed by atoms with E-state index in [1.165, 1.54) is 11.3 Å². The first-order chi connectivity index (χ1) is 18.8. The van der Waals surface area contributed by atoms with Crippen LogP contribution in [0.25, 0.3) is 10.8 Å². The molecular formula is C28H33N5O6. The Labute approximate surface area is 226 Å². The molecule has 2 fully saturated rings. The van der Waals surface area contributed by atoms with Crippen LogP contribution < -0.4 is 10.6 Å². The van der Waals surface area contributed by atoms with Gasteiger partial charge < -0.3 is 20.1 Å². The van der Waals surface area contributed by atoms with Crippen molar-refractivity contribution in [2.24, 2.45) is 0 Å². The van der Waals surface area contributed by atoms with Gasteiger partial charge in [0.2, 0.25) is 11.8 Å². The summed E-state index contributed by atoms with van der Waals surface area (Å²) in [4.78, 5) is 59.2. The zero-order valence-corrected chi connectivity index (χ0v) is 21.7. The van der Waals surface area contributed by atoms with Gasteiger partial charge in [0.25, 0.3) is 11.8 Å². The summed E-state index contributed by atoms with van der Waals surface area (Å²) in [5, 5.41) is 17.1. The van der Waals surface area contributed by atoms with Crippen LogP contribution >= 0.6 is 0 Å². The van der Waals surface area contributed by atoms with Crippen LogP contribution in [0.2, 0.25) is 0 Å². The van der Waals surface area contributed by atoms with E-state index in [0.29, 0.717) is 11.9 Å². The lowest BCUT2D eigenvalue weighted by atomic mass is 10.1. The van der Waals surface area contributed by atoms with Gasteiger partial charge >= 0.3 is 5.97 Å². The monoisotopic (exact) mass is 535 g/mol. The Morgan fingerprint density at radius 3 is 2.69 bits per heavy atom. The molecule has 3 aliphatic heterocycles. The number of ether oxygens (including phenoxy) is 1. The molecule has 0 radical (unpaired) electrons. The minimum Gasteiger partial charge on any atom is -0.414 e. The summed E-state index contributed by atoms with van der Waals surface area (Å²) in [6.07, 6.45) is 7.15. The number of carbonyl (C=O) groups excluding carboxylic acids is 4. The van der Waals surface area contributed by atoms with E-state index >= 15 is 0 Å². The number of carbonyl (C=O) groups is 4. The Morgan fingerprint density at radius 2 is 1.92 bits per heavy atom. The highest BCUT2D eigenvalue weighted by molar-refractivity contribution is 6.06. The van der Waals surface area contributed by atoms with Gasteiger partial charge in [0.1, 0.15) is 18.3 Å². The first kappa shape index (κ1) is 26.8. The molecule has 1 aromatic carbocycles. The first-order valence-corrected chi connectivity index (χ1v) is 13.4. The van der Waals surface area contributed by atoms with Crippen molar-refractivity contribution in [3.63, 3.8) is 0 Å². The molecule has 206 valence electrons. The molecule has 0 bridgehead atoms. The van der Waals surface area contributed by atoms with Crippen LogP contribution in [0.15, 0.2) is 48.2 Å². The predicted octanol–water partition coefficient (Wildman–Crippen LogP) is 1.08. The number of amides is 3. The average Bonchev–Trinajstić information content (AvgIpc) is 3.20. The number of hydrogen-bond acceptors (Lipinski definition) is 8. The van der Waals surface area contributed by atoms with Crippen molar-refractivity contribution < 1.29 is 29.0 Å². The summed E-state index contributed by atoms with van der Waals surface area (Å²) in [6, 6.07) is 8.30. The fraction of sp³-hybridized carbons (Fsp3) is 0.464. The number of rotatable bonds is 7. The number of aromatic nitrogens is 1. The molecule has 11 heteroatoms. The highest BCUT2D eigenvalue weighted by atomic mass is 16.7. The van der Waals surface area contributed by atoms with Crippen LogP contribution in [0.4, 0.5) is 0 Å². The van der Waals surface area contributed by atoms with E-state index in [1.54, 1.807) is 12.3 Å². The van der Waals surface area contributed by atoms with Gasteiger partial charge in [-0.1, -0.05) is 36.8 Å². The van der Waals surface area contributed by atoms with Crippen molar-refractivity contribution in [2.75, 3.05) is 32.7 Å². The zero-order chi connectivity index (χ0) is 27.4. The van der Waals surface area contributed by atoms with E-state index in [9.17, 15) is 24.3 Å². The van der Waals surface area contributed by atoms with Gasteiger partial charge in [-0.3, -0.25) is 34.4 Å². The molecule has 1 aromatic heterocycles. The van der Waals surface area contributed by atoms with Gasteiger partial charge in [0.15, 0.2) is 0 Å². The Hall–Kier alpha value is -3.83. The molecule has 2 aromatic rings. The van der Waals surface area contributed by atoms with Crippen LogP contribution in [0.1, 0.15) is 49.0 Å². The molecule has 2 saturated heterocycles. The minimum atomic E-state index is -2.08. The van der Waals surface area contributed by atoms with Gasteiger partial charge in [-0.05, 0) is 49.4 Å². The zero-order valence-electron chi connectivity index (χ0n) is 21.7. The lowest BCUT2D eigenvalue weighted by molar-refractivity contribution is -0.202. The molecule has 39 heavy (non-hydrogen) atoms. The molecular weight excluding hydrogens is 502 g/mol. The molecule has 2 atom stereocenters. The lowest BCUT2D eigenvalue weighted by Crippen LogP contribution is -2.54. The lowest BCUT2D eigenvalue weighted by Gasteiger charge is -2.30. The highest BCUT2D eigenvalue weighted by Gasteiger charge is 2.41. The smallest absolute Gasteiger partial charge is 0.309 e. The van der Waals surface area contributed by atoms with Gasteiger partial charge in [0, 0.05) is 31.1 Å². The number of piperidine rings is 1. The van der Waals surface area contributed by atoms with Gasteiger partial charge in [-0.15, -0.1) is 0 Å². The van der Waals surface area contributed by atoms with Crippen molar-refractivity contribution in [2.45, 2.75) is 50.5 Å². The largest absolute Gasteiger partial charge is 0.414 e. The van der Waals surface area contributed by atoms with E-state index < -0.39 is 35.6 Å². The minimum absolute atomic E-state index is 0.0154. The molecule has 3 N–H and O–H groups in total. The van der Waals surface area contributed by atoms with Crippen LogP contribution in [-0.2, 0) is 19.1 Å². The van der Waals surface area contributed by atoms with Crippen LogP contribution in [0.3, 0.4) is 0 Å². The third-order valence-corrected chi connectivity index (χ3v) is 7.34. The molecule has 0 spiro atoms. The summed E-state index contributed by atoms with van der Waals surface area (Å²) in [7, 11) is 0. The third kappa shape index (κ3) is 6.43. The number of pyridine rings is 1. The van der Waals surface area contributed by atoms with Crippen molar-refractivity contribution >= 4 is 34.5 Å². The van der Waals surface area contributed by atoms with Crippen molar-refractivity contribution in [1.82, 2.24) is 25.4 Å². The molecule has 3 aliphatic rings. The number of likely N-dealkylation sites (tertiary alicyclic amines) is 1. The molecule has 0 saturated carbocycles. The number of esters is 1. The average molecular weight is 536 g/mol. The molecule has 4 heterocycles. The number of hydrogen-bond donors (Lipinski definition) is 3. The summed E-state index contributed by atoms with van der Waals surface area (Å²) in [5.41, 5.74) is 1.20. The van der Waals surface area contributed by atoms with E-state index in [2.05, 4.69) is 20.5 Å². The fourth-order valence-corrected chi connectivity index (χ4v) is 5.37. The Kier molecular flexibility index (Phi) is 7.89. The normalized spacial score (nSPS) is 24.2. The summed E-state index contributed by atoms with van der Waals surface area (Å²) >= 11 is 0. The highest BCUT2D eigenvalue weighted by Crippen LogP contribution is 2.22. The Bertz CT molecular complexity index is 1300. The van der Waals surface area contributed by atoms with Crippen LogP contribution in [0.5, 0.6) is 0 Å². The summed E-state index contributed by atoms with van der Waals surface area (Å²) < 4.78 is 4.84. The number of nitrogens with one attached hydrogen (secondary N) is 2. The number of aliphatic hydroxyl groups is 1. The topological polar surface area (TPSA) is 141 Å². The molecule has 11 nitrogen and oxygen atoms in total. The summed E-state index contributed by atoms with van der Waals surface area (Å²) in [5.74, 6) is -4.25. The second-order valence-electron chi connectivity index (χ2n) is 10.3. The van der Waals surface area contributed by atoms with E-state index in [-0.39, 0.29) is 38.0 Å². The second kappa shape index (κ2) is 11.5. The van der Waals surface area contributed by atoms with Crippen molar-refractivity contribution in [3.05, 3.63) is 53.9 Å². The second-order valence-corrected chi connectivity index (χ2v) is 10.3. The third-order valence-electron chi connectivity index (χ3n) is 7.34. The van der Waals surface area contributed by atoms with Gasteiger partial charge in [-0.25, -0.2) is 0 Å². The summed E-state index contributed by atoms with van der Waals surface area (Å²) in [6.45, 7) is 2.45. The SMILES string of the molecule is O=C(CN1CC(CN2CCCCC2)=CCC(NC(=O)c2nccc3ccccc23)C1=O)NC1(O)CCC(=O)O1. The first-order valence-electron chi connectivity index (χ1n) is 13.4. The standard InChI is InChI=1S/C28H33N5O6/c34-23(31-28(38)12-10-24(35)39-28)18-33-17-19(16-32-14-4-1-5-15-32)8-9-22(27(33)37)30-26(36)25-21-7-3-2-6-20(21)11-13-29-25/h2-3,6-8,11,13,22,38H,1,4-5,9-10,12,14-18H2,(H,30,36)(H,31,34). The van der Waals surface area contributed by atoms with E-state index in [1.807, 2.05) is 30.3 Å². The van der Waals surface area contributed by atoms with Crippen molar-refractivity contribution in [1.29, 1.82) is 0 Å². The number of fused-ring (bicyclic) bond motifs is 1. The maximum atomic E-state index is 13.6. The molecule has 5 rings (SSSR count). The number of nitrogens with zero attached hydrogens (tertiary/aromatic N) is 3. The fourth-order valence-electron chi connectivity index (χ4n) is 5.37. The number of benzene rings is 1. The predicted molar refractivity (Wildman–Crippen MR) is 141 cm³/mol. The van der Waals surface area contributed by atoms with Crippen LogP contribution in [0, 0.1) is 0 Å². The van der Waals surface area contributed by atoms with Gasteiger partial charge in [0.05, 0.1) is 6.42 Å². The number of cyclic esters (lactones) is 1. The molecule has 3 amide bonds. The maximum absolute atomic E-state index is 13.6. The van der Waals surface area contributed by atoms with Crippen molar-refractivity contribution in [3.8, 4) is 0 Å². The van der Waals surface area contributed by atoms with Gasteiger partial charge in [-0.2, -0.15) is 0 Å². The van der Waals surface area contributed by atoms with E-state index in [4.69, 9.17) is 4.74 Å². The van der Waals surface area contributed by atoms with E-state index in [0.717, 1.165) is 36.9 Å². The van der Waals surface area contributed by atoms with Crippen LogP contribution in [-0.4, -0.2) is 88.3 Å². The quantitative estimate of drug-likeness (QED) is 0.272. The molecule has 0 aliphatic carbocycles. The Balaban J connectivity index is 1.34. The maximum Gasteiger partial charge on any atom is 0.309 e. The Morgan fingerprint density at radius 1 is 1.13 bits per heavy atom.